The van der Waals surface area contributed by atoms with Crippen LogP contribution in [0.1, 0.15) is 43.5 Å². The lowest BCUT2D eigenvalue weighted by Crippen LogP contribution is -2.14. The smallest absolute Gasteiger partial charge is 0.180 e. The van der Waals surface area contributed by atoms with Crippen LogP contribution in [0.2, 0.25) is 0 Å². The van der Waals surface area contributed by atoms with E-state index >= 15 is 0 Å². The van der Waals surface area contributed by atoms with Gasteiger partial charge in [0.1, 0.15) is 11.7 Å². The first-order valence-corrected chi connectivity index (χ1v) is 7.75. The van der Waals surface area contributed by atoms with Crippen LogP contribution in [-0.2, 0) is 0 Å². The fraction of sp³-hybridized carbons (Fsp3) is 0.150. The molecule has 0 aliphatic heterocycles. The van der Waals surface area contributed by atoms with E-state index in [0.717, 1.165) is 22.0 Å². The van der Waals surface area contributed by atoms with Crippen molar-refractivity contribution in [1.29, 1.82) is 0 Å². The maximum absolute atomic E-state index is 12.7. The van der Waals surface area contributed by atoms with Crippen LogP contribution in [0, 0.1) is 13.8 Å². The molecule has 1 N–H and O–H groups in total. The Kier molecular flexibility index (Phi) is 3.03. The number of Topliss-reactive ketones (excluding diaryl/α,β-unsaturated/α-hetero) is 2. The first kappa shape index (κ1) is 14.6. The molecule has 0 bridgehead atoms. The molecule has 1 heterocycles. The molecule has 1 aliphatic rings. The molecular formula is C20H15NO3. The molecule has 4 rings (SSSR count). The molecule has 1 aromatic heterocycles. The van der Waals surface area contributed by atoms with Crippen molar-refractivity contribution >= 4 is 22.5 Å². The van der Waals surface area contributed by atoms with E-state index in [1.54, 1.807) is 6.07 Å². The molecule has 4 heteroatoms. The van der Waals surface area contributed by atoms with Gasteiger partial charge in [-0.2, -0.15) is 0 Å². The summed E-state index contributed by atoms with van der Waals surface area (Å²) in [6.45, 7) is 4.01. The molecule has 1 aliphatic carbocycles. The number of fused-ring (bicyclic) bond motifs is 2. The second kappa shape index (κ2) is 4.99. The Morgan fingerprint density at radius 2 is 1.67 bits per heavy atom. The average molecular weight is 317 g/mol. The molecule has 0 saturated heterocycles. The summed E-state index contributed by atoms with van der Waals surface area (Å²) in [5, 5.41) is 10.6. The monoisotopic (exact) mass is 317 g/mol. The zero-order valence-corrected chi connectivity index (χ0v) is 13.3. The number of benzene rings is 2. The van der Waals surface area contributed by atoms with E-state index in [2.05, 4.69) is 11.1 Å². The third-order valence-electron chi connectivity index (χ3n) is 4.53. The fourth-order valence-corrected chi connectivity index (χ4v) is 3.42. The SMILES string of the molecule is Cc1cc(C)c2ccc(C3C(=O)c4ccc(O)cc4C3=O)nc2c1. The Hall–Kier alpha value is -3.01. The standard InChI is InChI=1S/C20H15NO3/c1-10-7-11(2)13-5-6-16(21-17(13)8-10)18-19(23)14-4-3-12(22)9-15(14)20(18)24/h3-9,18,22H,1-2H3. The van der Waals surface area contributed by atoms with Crippen LogP contribution in [0.3, 0.4) is 0 Å². The maximum atomic E-state index is 12.7. The Balaban J connectivity index is 1.87. The van der Waals surface area contributed by atoms with E-state index in [4.69, 9.17) is 0 Å². The van der Waals surface area contributed by atoms with E-state index in [1.165, 1.54) is 18.2 Å². The zero-order valence-electron chi connectivity index (χ0n) is 13.3. The number of hydrogen-bond acceptors (Lipinski definition) is 4. The van der Waals surface area contributed by atoms with Crippen LogP contribution >= 0.6 is 0 Å². The van der Waals surface area contributed by atoms with E-state index in [0.29, 0.717) is 11.3 Å². The number of carbonyl (C=O) groups excluding carboxylic acids is 2. The highest BCUT2D eigenvalue weighted by atomic mass is 16.3. The minimum Gasteiger partial charge on any atom is -0.508 e. The van der Waals surface area contributed by atoms with Gasteiger partial charge in [0, 0.05) is 16.5 Å². The number of rotatable bonds is 1. The van der Waals surface area contributed by atoms with Gasteiger partial charge < -0.3 is 5.11 Å². The number of aryl methyl sites for hydroxylation is 2. The quantitative estimate of drug-likeness (QED) is 0.695. The molecule has 24 heavy (non-hydrogen) atoms. The van der Waals surface area contributed by atoms with Crippen molar-refractivity contribution in [3.05, 3.63) is 70.4 Å². The largest absolute Gasteiger partial charge is 0.508 e. The number of nitrogens with zero attached hydrogens (tertiary/aromatic N) is 1. The van der Waals surface area contributed by atoms with Crippen molar-refractivity contribution in [2.24, 2.45) is 0 Å². The number of carbonyl (C=O) groups is 2. The van der Waals surface area contributed by atoms with Crippen molar-refractivity contribution in [3.8, 4) is 5.75 Å². The maximum Gasteiger partial charge on any atom is 0.180 e. The molecule has 0 fully saturated rings. The van der Waals surface area contributed by atoms with Gasteiger partial charge in [0.05, 0.1) is 11.2 Å². The third-order valence-corrected chi connectivity index (χ3v) is 4.53. The van der Waals surface area contributed by atoms with Crippen molar-refractivity contribution in [2.75, 3.05) is 0 Å². The summed E-state index contributed by atoms with van der Waals surface area (Å²) in [6, 6.07) is 12.0. The van der Waals surface area contributed by atoms with Crippen LogP contribution in [0.5, 0.6) is 5.75 Å². The highest BCUT2D eigenvalue weighted by Gasteiger charge is 2.40. The lowest BCUT2D eigenvalue weighted by atomic mass is 9.97. The number of hydrogen-bond donors (Lipinski definition) is 1. The lowest BCUT2D eigenvalue weighted by Gasteiger charge is -2.09. The molecule has 4 nitrogen and oxygen atoms in total. The highest BCUT2D eigenvalue weighted by molar-refractivity contribution is 6.29. The molecule has 1 unspecified atom stereocenters. The fourth-order valence-electron chi connectivity index (χ4n) is 3.42. The molecule has 0 radical (unpaired) electrons. The van der Waals surface area contributed by atoms with E-state index in [9.17, 15) is 14.7 Å². The number of phenolic OH excluding ortho intramolecular Hbond substituents is 1. The minimum atomic E-state index is -0.924. The van der Waals surface area contributed by atoms with Gasteiger partial charge in [-0.25, -0.2) is 0 Å². The van der Waals surface area contributed by atoms with Gasteiger partial charge in [-0.1, -0.05) is 12.1 Å². The van der Waals surface area contributed by atoms with Crippen LogP contribution in [0.25, 0.3) is 10.9 Å². The minimum absolute atomic E-state index is 0.0201. The van der Waals surface area contributed by atoms with Crippen LogP contribution in [0.15, 0.2) is 42.5 Å². The number of aromatic nitrogens is 1. The van der Waals surface area contributed by atoms with Crippen LogP contribution in [-0.4, -0.2) is 21.7 Å². The summed E-state index contributed by atoms with van der Waals surface area (Å²) < 4.78 is 0. The molecule has 0 spiro atoms. The zero-order chi connectivity index (χ0) is 17.0. The normalized spacial score (nSPS) is 16.7. The predicted octanol–water partition coefficient (Wildman–Crippen LogP) is 3.72. The van der Waals surface area contributed by atoms with Gasteiger partial charge in [0.25, 0.3) is 0 Å². The lowest BCUT2D eigenvalue weighted by molar-refractivity contribution is 0.0888. The van der Waals surface area contributed by atoms with Gasteiger partial charge >= 0.3 is 0 Å². The van der Waals surface area contributed by atoms with E-state index in [1.807, 2.05) is 26.0 Å². The number of ketones is 2. The summed E-state index contributed by atoms with van der Waals surface area (Å²) in [7, 11) is 0. The second-order valence-electron chi connectivity index (χ2n) is 6.28. The summed E-state index contributed by atoms with van der Waals surface area (Å²) in [4.78, 5) is 29.9. The van der Waals surface area contributed by atoms with Crippen LogP contribution in [0.4, 0.5) is 0 Å². The van der Waals surface area contributed by atoms with Crippen molar-refractivity contribution in [3.63, 3.8) is 0 Å². The first-order valence-electron chi connectivity index (χ1n) is 7.75. The molecule has 2 aromatic carbocycles. The summed E-state index contributed by atoms with van der Waals surface area (Å²) in [5.41, 5.74) is 4.06. The van der Waals surface area contributed by atoms with Gasteiger partial charge in [0.15, 0.2) is 11.6 Å². The molecular weight excluding hydrogens is 302 g/mol. The molecule has 0 saturated carbocycles. The summed E-state index contributed by atoms with van der Waals surface area (Å²) in [6.07, 6.45) is 0. The Morgan fingerprint density at radius 3 is 2.46 bits per heavy atom. The van der Waals surface area contributed by atoms with E-state index in [-0.39, 0.29) is 22.9 Å². The van der Waals surface area contributed by atoms with Gasteiger partial charge in [-0.05, 0) is 55.3 Å². The van der Waals surface area contributed by atoms with Crippen LogP contribution < -0.4 is 0 Å². The predicted molar refractivity (Wildman–Crippen MR) is 90.7 cm³/mol. The molecule has 118 valence electrons. The molecule has 3 aromatic rings. The van der Waals surface area contributed by atoms with Gasteiger partial charge in [-0.15, -0.1) is 0 Å². The van der Waals surface area contributed by atoms with Gasteiger partial charge in [0.2, 0.25) is 0 Å². The average Bonchev–Trinajstić information content (AvgIpc) is 2.77. The first-order chi connectivity index (χ1) is 11.5. The van der Waals surface area contributed by atoms with E-state index < -0.39 is 5.92 Å². The molecule has 0 amide bonds. The summed E-state index contributed by atoms with van der Waals surface area (Å²) >= 11 is 0. The summed E-state index contributed by atoms with van der Waals surface area (Å²) in [5.74, 6) is -1.51. The van der Waals surface area contributed by atoms with Crippen molar-refractivity contribution in [2.45, 2.75) is 19.8 Å². The number of pyridine rings is 1. The Bertz CT molecular complexity index is 1040. The Morgan fingerprint density at radius 1 is 0.917 bits per heavy atom. The van der Waals surface area contributed by atoms with Crippen molar-refractivity contribution in [1.82, 2.24) is 4.98 Å². The topological polar surface area (TPSA) is 67.3 Å². The number of aromatic hydroxyl groups is 1. The van der Waals surface area contributed by atoms with Crippen molar-refractivity contribution < 1.29 is 14.7 Å². The second-order valence-corrected chi connectivity index (χ2v) is 6.28. The third kappa shape index (κ3) is 2.03. The van der Waals surface area contributed by atoms with Gasteiger partial charge in [-0.3, -0.25) is 14.6 Å². The Labute approximate surface area is 138 Å². The highest BCUT2D eigenvalue weighted by Crippen LogP contribution is 2.35. The molecule has 1 atom stereocenters. The number of phenols is 1.